The van der Waals surface area contributed by atoms with Gasteiger partial charge in [-0.3, -0.25) is 0 Å². The van der Waals surface area contributed by atoms with Gasteiger partial charge >= 0.3 is 0 Å². The predicted molar refractivity (Wildman–Crippen MR) is 91.8 cm³/mol. The smallest absolute Gasteiger partial charge is 0.134 e. The SMILES string of the molecule is Cc1cc(C)cc(COc2ccc(CCCN)cc2Br)c1. The highest BCUT2D eigenvalue weighted by Gasteiger charge is 2.04. The Morgan fingerprint density at radius 2 is 1.71 bits per heavy atom. The molecule has 0 spiro atoms. The number of aryl methyl sites for hydroxylation is 3. The maximum absolute atomic E-state index is 5.92. The monoisotopic (exact) mass is 347 g/mol. The van der Waals surface area contributed by atoms with Crippen LogP contribution in [0.2, 0.25) is 0 Å². The Hall–Kier alpha value is -1.32. The number of ether oxygens (including phenoxy) is 1. The molecule has 0 amide bonds. The lowest BCUT2D eigenvalue weighted by molar-refractivity contribution is 0.304. The summed E-state index contributed by atoms with van der Waals surface area (Å²) in [7, 11) is 0. The normalized spacial score (nSPS) is 10.7. The van der Waals surface area contributed by atoms with Crippen molar-refractivity contribution in [2.75, 3.05) is 6.54 Å². The van der Waals surface area contributed by atoms with Crippen molar-refractivity contribution in [2.45, 2.75) is 33.3 Å². The number of nitrogens with two attached hydrogens (primary N) is 1. The van der Waals surface area contributed by atoms with Crippen LogP contribution in [0.3, 0.4) is 0 Å². The Bertz CT molecular complexity index is 590. The first kappa shape index (κ1) is 16.1. The lowest BCUT2D eigenvalue weighted by Gasteiger charge is -2.11. The van der Waals surface area contributed by atoms with Crippen LogP contribution < -0.4 is 10.5 Å². The quantitative estimate of drug-likeness (QED) is 0.832. The second kappa shape index (κ2) is 7.62. The Kier molecular flexibility index (Phi) is 5.83. The minimum Gasteiger partial charge on any atom is -0.488 e. The molecular weight excluding hydrogens is 326 g/mol. The average Bonchev–Trinajstić information content (AvgIpc) is 2.43. The van der Waals surface area contributed by atoms with Crippen LogP contribution in [0.25, 0.3) is 0 Å². The highest BCUT2D eigenvalue weighted by atomic mass is 79.9. The molecule has 0 aromatic heterocycles. The zero-order valence-electron chi connectivity index (χ0n) is 12.7. The van der Waals surface area contributed by atoms with Gasteiger partial charge in [0.2, 0.25) is 0 Å². The summed E-state index contributed by atoms with van der Waals surface area (Å²) in [6.07, 6.45) is 2.02. The van der Waals surface area contributed by atoms with Crippen molar-refractivity contribution in [3.63, 3.8) is 0 Å². The fraction of sp³-hybridized carbons (Fsp3) is 0.333. The van der Waals surface area contributed by atoms with Gasteiger partial charge in [-0.2, -0.15) is 0 Å². The first-order chi connectivity index (χ1) is 10.1. The van der Waals surface area contributed by atoms with Gasteiger partial charge in [0.15, 0.2) is 0 Å². The van der Waals surface area contributed by atoms with Crippen molar-refractivity contribution < 1.29 is 4.74 Å². The largest absolute Gasteiger partial charge is 0.488 e. The maximum Gasteiger partial charge on any atom is 0.134 e. The molecule has 2 rings (SSSR count). The third-order valence-electron chi connectivity index (χ3n) is 3.34. The molecule has 112 valence electrons. The van der Waals surface area contributed by atoms with Crippen molar-refractivity contribution in [1.29, 1.82) is 0 Å². The van der Waals surface area contributed by atoms with Crippen LogP contribution in [0.15, 0.2) is 40.9 Å². The van der Waals surface area contributed by atoms with Crippen molar-refractivity contribution >= 4 is 15.9 Å². The first-order valence-corrected chi connectivity index (χ1v) is 8.06. The topological polar surface area (TPSA) is 35.2 Å². The van der Waals surface area contributed by atoms with E-state index in [-0.39, 0.29) is 0 Å². The molecule has 0 saturated heterocycles. The molecule has 0 heterocycles. The predicted octanol–water partition coefficient (Wildman–Crippen LogP) is 4.54. The number of halogens is 1. The van der Waals surface area contributed by atoms with Gasteiger partial charge in [-0.15, -0.1) is 0 Å². The van der Waals surface area contributed by atoms with E-state index in [1.165, 1.54) is 22.3 Å². The van der Waals surface area contributed by atoms with Gasteiger partial charge in [0, 0.05) is 0 Å². The molecule has 0 aliphatic carbocycles. The molecule has 0 fully saturated rings. The molecule has 0 aliphatic heterocycles. The molecule has 21 heavy (non-hydrogen) atoms. The molecule has 0 atom stereocenters. The summed E-state index contributed by atoms with van der Waals surface area (Å²) in [6, 6.07) is 12.8. The van der Waals surface area contributed by atoms with Gasteiger partial charge in [-0.1, -0.05) is 35.4 Å². The van der Waals surface area contributed by atoms with Crippen LogP contribution in [0.5, 0.6) is 5.75 Å². The van der Waals surface area contributed by atoms with Gasteiger partial charge in [0.25, 0.3) is 0 Å². The molecule has 3 heteroatoms. The molecule has 2 nitrogen and oxygen atoms in total. The summed E-state index contributed by atoms with van der Waals surface area (Å²) in [5.74, 6) is 0.880. The van der Waals surface area contributed by atoms with Gasteiger partial charge in [-0.05, 0) is 72.4 Å². The van der Waals surface area contributed by atoms with E-state index in [1.807, 2.05) is 6.07 Å². The Labute approximate surface area is 135 Å². The Balaban J connectivity index is 2.02. The third-order valence-corrected chi connectivity index (χ3v) is 3.96. The molecule has 2 aromatic carbocycles. The molecule has 0 unspecified atom stereocenters. The summed E-state index contributed by atoms with van der Waals surface area (Å²) in [6.45, 7) is 5.53. The minimum absolute atomic E-state index is 0.587. The van der Waals surface area contributed by atoms with E-state index in [2.05, 4.69) is 60.1 Å². The van der Waals surface area contributed by atoms with Gasteiger partial charge in [0.1, 0.15) is 12.4 Å². The molecule has 2 aromatic rings. The van der Waals surface area contributed by atoms with E-state index in [0.717, 1.165) is 29.6 Å². The summed E-state index contributed by atoms with van der Waals surface area (Å²) < 4.78 is 6.92. The number of hydrogen-bond donors (Lipinski definition) is 1. The third kappa shape index (κ3) is 4.87. The van der Waals surface area contributed by atoms with Crippen LogP contribution in [0, 0.1) is 13.8 Å². The summed E-state index contributed by atoms with van der Waals surface area (Å²) >= 11 is 3.59. The molecule has 0 saturated carbocycles. The van der Waals surface area contributed by atoms with Crippen LogP contribution in [-0.2, 0) is 13.0 Å². The second-order valence-electron chi connectivity index (χ2n) is 5.44. The Morgan fingerprint density at radius 3 is 2.33 bits per heavy atom. The molecule has 2 N–H and O–H groups in total. The van der Waals surface area contributed by atoms with E-state index in [9.17, 15) is 0 Å². The molecule has 0 aliphatic rings. The number of rotatable bonds is 6. The maximum atomic E-state index is 5.92. The van der Waals surface area contributed by atoms with Crippen molar-refractivity contribution in [2.24, 2.45) is 5.73 Å². The zero-order chi connectivity index (χ0) is 15.2. The van der Waals surface area contributed by atoms with Crippen molar-refractivity contribution in [3.05, 3.63) is 63.1 Å². The van der Waals surface area contributed by atoms with Gasteiger partial charge in [0.05, 0.1) is 4.47 Å². The van der Waals surface area contributed by atoms with Crippen LogP contribution in [0.4, 0.5) is 0 Å². The van der Waals surface area contributed by atoms with Gasteiger partial charge in [-0.25, -0.2) is 0 Å². The van der Waals surface area contributed by atoms with Crippen LogP contribution >= 0.6 is 15.9 Å². The minimum atomic E-state index is 0.587. The average molecular weight is 348 g/mol. The summed E-state index contributed by atoms with van der Waals surface area (Å²) in [5, 5.41) is 0. The lowest BCUT2D eigenvalue weighted by Crippen LogP contribution is -2.01. The molecular formula is C18H22BrNO. The summed E-state index contributed by atoms with van der Waals surface area (Å²) in [5.41, 5.74) is 10.6. The van der Waals surface area contributed by atoms with E-state index >= 15 is 0 Å². The molecule has 0 radical (unpaired) electrons. The van der Waals surface area contributed by atoms with Gasteiger partial charge < -0.3 is 10.5 Å². The lowest BCUT2D eigenvalue weighted by atomic mass is 10.1. The molecule has 0 bridgehead atoms. The summed E-state index contributed by atoms with van der Waals surface area (Å²) in [4.78, 5) is 0. The fourth-order valence-electron chi connectivity index (χ4n) is 2.44. The highest BCUT2D eigenvalue weighted by molar-refractivity contribution is 9.10. The Morgan fingerprint density at radius 1 is 1.00 bits per heavy atom. The van der Waals surface area contributed by atoms with E-state index in [1.54, 1.807) is 0 Å². The number of benzene rings is 2. The van der Waals surface area contributed by atoms with E-state index < -0.39 is 0 Å². The highest BCUT2D eigenvalue weighted by Crippen LogP contribution is 2.27. The zero-order valence-corrected chi connectivity index (χ0v) is 14.2. The first-order valence-electron chi connectivity index (χ1n) is 7.27. The van der Waals surface area contributed by atoms with E-state index in [4.69, 9.17) is 10.5 Å². The van der Waals surface area contributed by atoms with Crippen molar-refractivity contribution in [1.82, 2.24) is 0 Å². The van der Waals surface area contributed by atoms with Crippen LogP contribution in [-0.4, -0.2) is 6.54 Å². The standard InChI is InChI=1S/C18H22BrNO/c1-13-8-14(2)10-16(9-13)12-21-18-6-5-15(4-3-7-20)11-17(18)19/h5-6,8-11H,3-4,7,12,20H2,1-2H3. The number of hydrogen-bond acceptors (Lipinski definition) is 2. The fourth-order valence-corrected chi connectivity index (χ4v) is 2.98. The van der Waals surface area contributed by atoms with Crippen LogP contribution in [0.1, 0.15) is 28.7 Å². The van der Waals surface area contributed by atoms with Crippen molar-refractivity contribution in [3.8, 4) is 5.75 Å². The van der Waals surface area contributed by atoms with E-state index in [0.29, 0.717) is 6.61 Å². The second-order valence-corrected chi connectivity index (χ2v) is 6.30.